The van der Waals surface area contributed by atoms with E-state index in [0.29, 0.717) is 6.42 Å². The van der Waals surface area contributed by atoms with E-state index in [0.717, 1.165) is 16.7 Å². The van der Waals surface area contributed by atoms with Crippen molar-refractivity contribution in [2.45, 2.75) is 27.2 Å². The predicted octanol–water partition coefficient (Wildman–Crippen LogP) is 2.14. The topological polar surface area (TPSA) is 37.3 Å². The summed E-state index contributed by atoms with van der Waals surface area (Å²) in [4.78, 5) is 10.9. The highest BCUT2D eigenvalue weighted by Gasteiger charge is 2.07. The van der Waals surface area contributed by atoms with Crippen LogP contribution in [0.1, 0.15) is 23.6 Å². The quantitative estimate of drug-likeness (QED) is 0.753. The summed E-state index contributed by atoms with van der Waals surface area (Å²) in [6, 6.07) is 3.73. The van der Waals surface area contributed by atoms with Crippen LogP contribution in [0.3, 0.4) is 0 Å². The number of phenolic OH excluding ortho intramolecular Hbond substituents is 1. The third kappa shape index (κ3) is 2.08. The highest BCUT2D eigenvalue weighted by molar-refractivity contribution is 5.79. The fourth-order valence-corrected chi connectivity index (χ4v) is 1.27. The fourth-order valence-electron chi connectivity index (χ4n) is 1.27. The van der Waals surface area contributed by atoms with Crippen molar-refractivity contribution in [1.29, 1.82) is 0 Å². The minimum atomic E-state index is 0.0681. The summed E-state index contributed by atoms with van der Waals surface area (Å²) in [6.45, 7) is 5.32. The second-order valence-electron chi connectivity index (χ2n) is 3.39. The van der Waals surface area contributed by atoms with Gasteiger partial charge in [0.25, 0.3) is 0 Å². The lowest BCUT2D eigenvalue weighted by molar-refractivity contribution is -0.116. The summed E-state index contributed by atoms with van der Waals surface area (Å²) >= 11 is 0. The van der Waals surface area contributed by atoms with Crippen LogP contribution < -0.4 is 0 Å². The molecule has 0 bridgehead atoms. The minimum Gasteiger partial charge on any atom is -0.507 e. The first kappa shape index (κ1) is 9.78. The van der Waals surface area contributed by atoms with Crippen LogP contribution in [0.2, 0.25) is 0 Å². The molecule has 0 fully saturated rings. The molecular weight excluding hydrogens is 164 g/mol. The number of phenols is 1. The molecule has 0 amide bonds. The van der Waals surface area contributed by atoms with Gasteiger partial charge in [0.15, 0.2) is 0 Å². The van der Waals surface area contributed by atoms with E-state index in [-0.39, 0.29) is 11.5 Å². The highest BCUT2D eigenvalue weighted by Crippen LogP contribution is 2.25. The second kappa shape index (κ2) is 3.60. The van der Waals surface area contributed by atoms with Gasteiger partial charge in [-0.1, -0.05) is 12.1 Å². The van der Waals surface area contributed by atoms with Crippen LogP contribution in [0.5, 0.6) is 5.75 Å². The lowest BCUT2D eigenvalue weighted by Crippen LogP contribution is -1.98. The van der Waals surface area contributed by atoms with Gasteiger partial charge in [-0.25, -0.2) is 0 Å². The van der Waals surface area contributed by atoms with Crippen molar-refractivity contribution in [2.75, 3.05) is 0 Å². The molecule has 0 atom stereocenters. The highest BCUT2D eigenvalue weighted by atomic mass is 16.3. The van der Waals surface area contributed by atoms with Gasteiger partial charge in [0.2, 0.25) is 0 Å². The van der Waals surface area contributed by atoms with Crippen molar-refractivity contribution in [3.63, 3.8) is 0 Å². The number of Topliss-reactive ketones (excluding diaryl/α,β-unsaturated/α-hetero) is 1. The van der Waals surface area contributed by atoms with Crippen molar-refractivity contribution >= 4 is 5.78 Å². The third-order valence-corrected chi connectivity index (χ3v) is 2.22. The molecule has 0 aromatic heterocycles. The first-order chi connectivity index (χ1) is 6.02. The fraction of sp³-hybridized carbons (Fsp3) is 0.364. The van der Waals surface area contributed by atoms with Gasteiger partial charge in [0.05, 0.1) is 0 Å². The largest absolute Gasteiger partial charge is 0.507 e. The number of carbonyl (C=O) groups is 1. The maximum Gasteiger partial charge on any atom is 0.134 e. The summed E-state index contributed by atoms with van der Waals surface area (Å²) in [5, 5.41) is 9.68. The molecule has 0 saturated carbocycles. The van der Waals surface area contributed by atoms with E-state index < -0.39 is 0 Å². The molecule has 1 aromatic carbocycles. The number of benzene rings is 1. The van der Waals surface area contributed by atoms with Gasteiger partial charge >= 0.3 is 0 Å². The normalized spacial score (nSPS) is 10.1. The van der Waals surface area contributed by atoms with E-state index in [9.17, 15) is 9.90 Å². The predicted molar refractivity (Wildman–Crippen MR) is 52.0 cm³/mol. The van der Waals surface area contributed by atoms with Crippen molar-refractivity contribution < 1.29 is 9.90 Å². The Labute approximate surface area is 78.2 Å². The van der Waals surface area contributed by atoms with Gasteiger partial charge in [-0.3, -0.25) is 4.79 Å². The van der Waals surface area contributed by atoms with Gasteiger partial charge in [-0.15, -0.1) is 0 Å². The Morgan fingerprint density at radius 1 is 1.38 bits per heavy atom. The number of aromatic hydroxyl groups is 1. The molecule has 0 saturated heterocycles. The summed E-state index contributed by atoms with van der Waals surface area (Å²) in [5.41, 5.74) is 2.62. The molecule has 0 aliphatic heterocycles. The Morgan fingerprint density at radius 2 is 2.00 bits per heavy atom. The van der Waals surface area contributed by atoms with Crippen LogP contribution in [0.25, 0.3) is 0 Å². The van der Waals surface area contributed by atoms with Gasteiger partial charge in [0, 0.05) is 12.0 Å². The van der Waals surface area contributed by atoms with Crippen molar-refractivity contribution in [2.24, 2.45) is 0 Å². The van der Waals surface area contributed by atoms with Crippen LogP contribution >= 0.6 is 0 Å². The number of carbonyl (C=O) groups excluding carboxylic acids is 1. The first-order valence-corrected chi connectivity index (χ1v) is 4.30. The Bertz CT molecular complexity index is 340. The maximum absolute atomic E-state index is 10.9. The van der Waals surface area contributed by atoms with Gasteiger partial charge in [0.1, 0.15) is 11.5 Å². The number of aryl methyl sites for hydroxylation is 1. The Morgan fingerprint density at radius 3 is 2.54 bits per heavy atom. The van der Waals surface area contributed by atoms with Crippen molar-refractivity contribution in [3.05, 3.63) is 28.8 Å². The van der Waals surface area contributed by atoms with E-state index in [1.165, 1.54) is 6.92 Å². The molecule has 70 valence electrons. The van der Waals surface area contributed by atoms with E-state index in [1.807, 2.05) is 19.9 Å². The Kier molecular flexibility index (Phi) is 2.71. The summed E-state index contributed by atoms with van der Waals surface area (Å²) < 4.78 is 0. The maximum atomic E-state index is 10.9. The molecule has 1 N–H and O–H groups in total. The average Bonchev–Trinajstić information content (AvgIpc) is 2.06. The molecule has 0 heterocycles. The standard InChI is InChI=1S/C11H14O2/c1-7-4-5-10(6-8(2)12)11(13)9(7)3/h4-5,13H,6H2,1-3H3. The molecule has 0 aliphatic rings. The molecule has 0 unspecified atom stereocenters. The van der Waals surface area contributed by atoms with E-state index >= 15 is 0 Å². The monoisotopic (exact) mass is 178 g/mol. The molecule has 0 spiro atoms. The molecule has 1 rings (SSSR count). The van der Waals surface area contributed by atoms with E-state index in [4.69, 9.17) is 0 Å². The van der Waals surface area contributed by atoms with E-state index in [1.54, 1.807) is 6.07 Å². The van der Waals surface area contributed by atoms with Crippen LogP contribution in [0.4, 0.5) is 0 Å². The molecule has 1 aromatic rings. The van der Waals surface area contributed by atoms with Gasteiger partial charge < -0.3 is 5.11 Å². The Balaban J connectivity index is 3.10. The zero-order chi connectivity index (χ0) is 10.0. The molecule has 2 heteroatoms. The lowest BCUT2D eigenvalue weighted by atomic mass is 10.0. The molecular formula is C11H14O2. The van der Waals surface area contributed by atoms with E-state index in [2.05, 4.69) is 0 Å². The zero-order valence-electron chi connectivity index (χ0n) is 8.22. The molecule has 0 aliphatic carbocycles. The van der Waals surface area contributed by atoms with Crippen LogP contribution in [0.15, 0.2) is 12.1 Å². The number of rotatable bonds is 2. The molecule has 2 nitrogen and oxygen atoms in total. The number of hydrogen-bond donors (Lipinski definition) is 1. The lowest BCUT2D eigenvalue weighted by Gasteiger charge is -2.07. The Hall–Kier alpha value is -1.31. The van der Waals surface area contributed by atoms with Gasteiger partial charge in [-0.05, 0) is 31.9 Å². The van der Waals surface area contributed by atoms with Gasteiger partial charge in [-0.2, -0.15) is 0 Å². The summed E-state index contributed by atoms with van der Waals surface area (Å²) in [5.74, 6) is 0.328. The molecule has 0 radical (unpaired) electrons. The second-order valence-corrected chi connectivity index (χ2v) is 3.39. The third-order valence-electron chi connectivity index (χ3n) is 2.22. The number of ketones is 1. The minimum absolute atomic E-state index is 0.0681. The molecule has 13 heavy (non-hydrogen) atoms. The zero-order valence-corrected chi connectivity index (χ0v) is 8.22. The average molecular weight is 178 g/mol. The van der Waals surface area contributed by atoms with Crippen LogP contribution in [-0.4, -0.2) is 10.9 Å². The van der Waals surface area contributed by atoms with Crippen LogP contribution in [-0.2, 0) is 11.2 Å². The summed E-state index contributed by atoms with van der Waals surface area (Å²) in [7, 11) is 0. The van der Waals surface area contributed by atoms with Crippen LogP contribution in [0, 0.1) is 13.8 Å². The number of hydrogen-bond acceptors (Lipinski definition) is 2. The smallest absolute Gasteiger partial charge is 0.134 e. The van der Waals surface area contributed by atoms with Crippen molar-refractivity contribution in [1.82, 2.24) is 0 Å². The summed E-state index contributed by atoms with van der Waals surface area (Å²) in [6.07, 6.45) is 0.312. The SMILES string of the molecule is CC(=O)Cc1ccc(C)c(C)c1O. The first-order valence-electron chi connectivity index (χ1n) is 4.30. The van der Waals surface area contributed by atoms with Crippen molar-refractivity contribution in [3.8, 4) is 5.75 Å².